The first-order chi connectivity index (χ1) is 15.9. The molecule has 0 atom stereocenters. The van der Waals surface area contributed by atoms with Gasteiger partial charge in [0.25, 0.3) is 0 Å². The van der Waals surface area contributed by atoms with Crippen molar-refractivity contribution in [1.82, 2.24) is 4.90 Å². The van der Waals surface area contributed by atoms with Crippen molar-refractivity contribution in [1.29, 1.82) is 0 Å². The summed E-state index contributed by atoms with van der Waals surface area (Å²) in [7, 11) is 0. The van der Waals surface area contributed by atoms with Crippen molar-refractivity contribution in [2.75, 3.05) is 56.1 Å². The van der Waals surface area contributed by atoms with Gasteiger partial charge in [0.2, 0.25) is 0 Å². The minimum Gasteiger partial charge on any atom is -0.442 e. The van der Waals surface area contributed by atoms with Gasteiger partial charge in [-0.25, -0.2) is 4.79 Å². The number of amides is 1. The molecular formula is C26H39N3O5. The van der Waals surface area contributed by atoms with Crippen LogP contribution < -0.4 is 9.96 Å². The summed E-state index contributed by atoms with van der Waals surface area (Å²) >= 11 is 0. The van der Waals surface area contributed by atoms with Crippen LogP contribution in [0.5, 0.6) is 0 Å². The van der Waals surface area contributed by atoms with E-state index in [9.17, 15) is 10.0 Å². The lowest BCUT2D eigenvalue weighted by Crippen LogP contribution is -2.43. The highest BCUT2D eigenvalue weighted by Crippen LogP contribution is 2.37. The molecule has 34 heavy (non-hydrogen) atoms. The molecule has 1 saturated heterocycles. The van der Waals surface area contributed by atoms with Crippen molar-refractivity contribution >= 4 is 28.2 Å². The Morgan fingerprint density at radius 3 is 2.35 bits per heavy atom. The maximum atomic E-state index is 12.8. The first-order valence-corrected chi connectivity index (χ1v) is 11.9. The molecule has 1 heterocycles. The standard InChI is InChI=1S/C26H39N3O5/c1-25(2,3)33-19-28(14-13-27-15-17-32-18-16-27)23-21-10-8-7-9-20(21)11-12-22(23)29(31)24(30)34-26(4,5)6/h7-12,31H,13-19H2,1-6H3. The Morgan fingerprint density at radius 2 is 1.71 bits per heavy atom. The Labute approximate surface area is 202 Å². The zero-order valence-electron chi connectivity index (χ0n) is 21.3. The number of hydroxylamine groups is 1. The molecule has 0 bridgehead atoms. The van der Waals surface area contributed by atoms with Crippen LogP contribution in [0.25, 0.3) is 10.8 Å². The number of fused-ring (bicyclic) bond motifs is 1. The summed E-state index contributed by atoms with van der Waals surface area (Å²) in [5.74, 6) is 0. The van der Waals surface area contributed by atoms with Gasteiger partial charge in [0.15, 0.2) is 0 Å². The molecule has 3 rings (SSSR count). The van der Waals surface area contributed by atoms with Gasteiger partial charge in [-0.15, -0.1) is 0 Å². The van der Waals surface area contributed by atoms with Gasteiger partial charge in [0.05, 0.1) is 24.5 Å². The predicted molar refractivity (Wildman–Crippen MR) is 135 cm³/mol. The molecule has 1 aliphatic heterocycles. The third-order valence-electron chi connectivity index (χ3n) is 5.43. The lowest BCUT2D eigenvalue weighted by molar-refractivity contribution is -0.00413. The highest BCUT2D eigenvalue weighted by Gasteiger charge is 2.28. The maximum absolute atomic E-state index is 12.8. The number of hydrogen-bond donors (Lipinski definition) is 1. The molecule has 1 amide bonds. The Morgan fingerprint density at radius 1 is 1.03 bits per heavy atom. The molecule has 1 N–H and O–H groups in total. The summed E-state index contributed by atoms with van der Waals surface area (Å²) in [6.07, 6.45) is -0.825. The number of carbonyl (C=O) groups is 1. The highest BCUT2D eigenvalue weighted by atomic mass is 16.6. The zero-order chi connectivity index (χ0) is 24.9. The third-order valence-corrected chi connectivity index (χ3v) is 5.43. The van der Waals surface area contributed by atoms with Crippen LogP contribution in [0.3, 0.4) is 0 Å². The zero-order valence-corrected chi connectivity index (χ0v) is 21.3. The van der Waals surface area contributed by atoms with E-state index in [4.69, 9.17) is 14.2 Å². The molecule has 0 aliphatic carbocycles. The van der Waals surface area contributed by atoms with Gasteiger partial charge in [0.1, 0.15) is 18.0 Å². The van der Waals surface area contributed by atoms with E-state index in [0.29, 0.717) is 24.0 Å². The summed E-state index contributed by atoms with van der Waals surface area (Å²) in [6, 6.07) is 11.6. The monoisotopic (exact) mass is 473 g/mol. The summed E-state index contributed by atoms with van der Waals surface area (Å²) in [6.45, 7) is 16.3. The molecule has 0 spiro atoms. The molecule has 2 aromatic rings. The van der Waals surface area contributed by atoms with Crippen LogP contribution in [-0.4, -0.2) is 73.5 Å². The van der Waals surface area contributed by atoms with E-state index in [-0.39, 0.29) is 5.60 Å². The van der Waals surface area contributed by atoms with Crippen LogP contribution >= 0.6 is 0 Å². The summed E-state index contributed by atoms with van der Waals surface area (Å²) in [5.41, 5.74) is -0.0108. The summed E-state index contributed by atoms with van der Waals surface area (Å²) in [4.78, 5) is 17.2. The van der Waals surface area contributed by atoms with Crippen LogP contribution in [0.15, 0.2) is 36.4 Å². The smallest absolute Gasteiger partial charge is 0.439 e. The second kappa shape index (κ2) is 10.9. The Bertz CT molecular complexity index is 961. The average molecular weight is 474 g/mol. The highest BCUT2D eigenvalue weighted by molar-refractivity contribution is 6.04. The first-order valence-electron chi connectivity index (χ1n) is 11.9. The van der Waals surface area contributed by atoms with E-state index in [1.165, 1.54) is 0 Å². The van der Waals surface area contributed by atoms with E-state index in [2.05, 4.69) is 9.80 Å². The second-order valence-electron chi connectivity index (χ2n) is 10.5. The number of hydrogen-bond acceptors (Lipinski definition) is 7. The Hall–Kier alpha value is -2.39. The van der Waals surface area contributed by atoms with E-state index < -0.39 is 11.7 Å². The molecule has 2 aromatic carbocycles. The fourth-order valence-corrected chi connectivity index (χ4v) is 3.75. The minimum atomic E-state index is -0.825. The van der Waals surface area contributed by atoms with E-state index in [0.717, 1.165) is 49.3 Å². The molecule has 8 heteroatoms. The van der Waals surface area contributed by atoms with Gasteiger partial charge in [-0.2, -0.15) is 5.06 Å². The molecule has 1 fully saturated rings. The number of rotatable bonds is 7. The molecule has 8 nitrogen and oxygen atoms in total. The number of carbonyl (C=O) groups excluding carboxylic acids is 1. The Balaban J connectivity index is 2.01. The van der Waals surface area contributed by atoms with Gasteiger partial charge in [-0.3, -0.25) is 10.1 Å². The van der Waals surface area contributed by atoms with E-state index in [1.54, 1.807) is 26.8 Å². The minimum absolute atomic E-state index is 0.303. The van der Waals surface area contributed by atoms with Crippen molar-refractivity contribution in [2.24, 2.45) is 0 Å². The number of nitrogens with zero attached hydrogens (tertiary/aromatic N) is 3. The number of benzene rings is 2. The molecule has 0 unspecified atom stereocenters. The van der Waals surface area contributed by atoms with Crippen molar-refractivity contribution in [2.45, 2.75) is 52.7 Å². The van der Waals surface area contributed by atoms with Gasteiger partial charge >= 0.3 is 6.09 Å². The largest absolute Gasteiger partial charge is 0.442 e. The number of anilines is 2. The second-order valence-corrected chi connectivity index (χ2v) is 10.5. The van der Waals surface area contributed by atoms with Gasteiger partial charge < -0.3 is 19.1 Å². The fraction of sp³-hybridized carbons (Fsp3) is 0.577. The molecular weight excluding hydrogens is 434 g/mol. The lowest BCUT2D eigenvalue weighted by Gasteiger charge is -2.35. The number of morpholine rings is 1. The predicted octanol–water partition coefficient (Wildman–Crippen LogP) is 4.88. The lowest BCUT2D eigenvalue weighted by atomic mass is 10.1. The van der Waals surface area contributed by atoms with Crippen molar-refractivity contribution < 1.29 is 24.2 Å². The van der Waals surface area contributed by atoms with Gasteiger partial charge in [-0.05, 0) is 53.0 Å². The molecule has 0 aromatic heterocycles. The number of ether oxygens (including phenoxy) is 3. The van der Waals surface area contributed by atoms with Crippen LogP contribution in [0, 0.1) is 0 Å². The summed E-state index contributed by atoms with van der Waals surface area (Å²) < 4.78 is 17.1. The van der Waals surface area contributed by atoms with Crippen molar-refractivity contribution in [3.63, 3.8) is 0 Å². The summed E-state index contributed by atoms with van der Waals surface area (Å²) in [5, 5.41) is 13.5. The van der Waals surface area contributed by atoms with Crippen LogP contribution in [0.1, 0.15) is 41.5 Å². The maximum Gasteiger partial charge on any atom is 0.439 e. The van der Waals surface area contributed by atoms with Gasteiger partial charge in [0, 0.05) is 31.6 Å². The van der Waals surface area contributed by atoms with Crippen molar-refractivity contribution in [3.05, 3.63) is 36.4 Å². The molecule has 188 valence electrons. The topological polar surface area (TPSA) is 74.7 Å². The van der Waals surface area contributed by atoms with Crippen LogP contribution in [0.4, 0.5) is 16.2 Å². The average Bonchev–Trinajstić information content (AvgIpc) is 2.77. The first kappa shape index (κ1) is 26.2. The van der Waals surface area contributed by atoms with Crippen molar-refractivity contribution in [3.8, 4) is 0 Å². The van der Waals surface area contributed by atoms with Crippen LogP contribution in [0.2, 0.25) is 0 Å². The normalized spacial score (nSPS) is 15.4. The Kier molecular flexibility index (Phi) is 8.41. The molecule has 0 saturated carbocycles. The molecule has 0 radical (unpaired) electrons. The quantitative estimate of drug-likeness (QED) is 0.349. The fourth-order valence-electron chi connectivity index (χ4n) is 3.75. The van der Waals surface area contributed by atoms with Crippen LogP contribution in [-0.2, 0) is 14.2 Å². The van der Waals surface area contributed by atoms with Gasteiger partial charge in [-0.1, -0.05) is 30.3 Å². The van der Waals surface area contributed by atoms with E-state index >= 15 is 0 Å². The van der Waals surface area contributed by atoms with E-state index in [1.807, 2.05) is 51.1 Å². The molecule has 1 aliphatic rings. The SMILES string of the molecule is CC(C)(C)OCN(CCN1CCOCC1)c1c(N(O)C(=O)OC(C)(C)C)ccc2ccccc12. The third kappa shape index (κ3) is 7.30.